The zero-order chi connectivity index (χ0) is 15.6. The molecule has 1 aromatic carbocycles. The first-order valence-electron chi connectivity index (χ1n) is 6.45. The molecule has 0 fully saturated rings. The molecule has 4 N–H and O–H groups in total. The van der Waals surface area contributed by atoms with Crippen LogP contribution in [0.1, 0.15) is 39.3 Å². The Kier molecular flexibility index (Phi) is 4.55. The molecular weight excluding hydrogens is 256 g/mol. The number of hydrogen-bond donors (Lipinski definition) is 3. The molecule has 1 rings (SSSR count). The number of amides is 2. The first kappa shape index (κ1) is 16.2. The summed E-state index contributed by atoms with van der Waals surface area (Å²) in [6.07, 6.45) is 0. The summed E-state index contributed by atoms with van der Waals surface area (Å²) in [5.74, 6) is -1.22. The van der Waals surface area contributed by atoms with E-state index < -0.39 is 28.9 Å². The Labute approximate surface area is 119 Å². The summed E-state index contributed by atoms with van der Waals surface area (Å²) < 4.78 is 0. The first-order valence-corrected chi connectivity index (χ1v) is 6.45. The normalized spacial score (nSPS) is 13.7. The summed E-state index contributed by atoms with van der Waals surface area (Å²) >= 11 is 0. The van der Waals surface area contributed by atoms with Crippen molar-refractivity contribution in [1.82, 2.24) is 5.32 Å². The molecule has 0 aliphatic heterocycles. The van der Waals surface area contributed by atoms with Crippen molar-refractivity contribution >= 4 is 11.8 Å². The molecule has 0 saturated carbocycles. The van der Waals surface area contributed by atoms with E-state index in [0.717, 1.165) is 5.56 Å². The standard InChI is InChI=1S/C15H22N2O3/c1-14(2,12(16)18)13(19)17-11(15(3,4)20)10-8-6-5-7-9-10/h5-9,11,20H,1-4H3,(H2,16,18)(H,17,19)/t11-/m1/s1. The van der Waals surface area contributed by atoms with Crippen LogP contribution in [0, 0.1) is 5.41 Å². The summed E-state index contributed by atoms with van der Waals surface area (Å²) in [7, 11) is 0. The van der Waals surface area contributed by atoms with Gasteiger partial charge < -0.3 is 16.2 Å². The van der Waals surface area contributed by atoms with Gasteiger partial charge in [-0.3, -0.25) is 9.59 Å². The van der Waals surface area contributed by atoms with Crippen molar-refractivity contribution in [3.05, 3.63) is 35.9 Å². The highest BCUT2D eigenvalue weighted by Gasteiger charge is 2.38. The lowest BCUT2D eigenvalue weighted by Crippen LogP contribution is -2.50. The topological polar surface area (TPSA) is 92.4 Å². The van der Waals surface area contributed by atoms with Crippen LogP contribution in [0.3, 0.4) is 0 Å². The average Bonchev–Trinajstić information content (AvgIpc) is 2.34. The molecule has 0 unspecified atom stereocenters. The molecule has 1 atom stereocenters. The highest BCUT2D eigenvalue weighted by atomic mass is 16.3. The van der Waals surface area contributed by atoms with E-state index in [-0.39, 0.29) is 0 Å². The zero-order valence-electron chi connectivity index (χ0n) is 12.3. The van der Waals surface area contributed by atoms with Gasteiger partial charge in [-0.25, -0.2) is 0 Å². The van der Waals surface area contributed by atoms with Gasteiger partial charge in [0.1, 0.15) is 5.41 Å². The van der Waals surface area contributed by atoms with Gasteiger partial charge in [-0.2, -0.15) is 0 Å². The quantitative estimate of drug-likeness (QED) is 0.705. The lowest BCUT2D eigenvalue weighted by molar-refractivity contribution is -0.141. The molecule has 0 heterocycles. The summed E-state index contributed by atoms with van der Waals surface area (Å²) in [4.78, 5) is 23.5. The molecule has 0 bridgehead atoms. The van der Waals surface area contributed by atoms with Crippen LogP contribution in [0.4, 0.5) is 0 Å². The molecule has 5 nitrogen and oxygen atoms in total. The molecule has 1 aromatic rings. The largest absolute Gasteiger partial charge is 0.388 e. The van der Waals surface area contributed by atoms with Crippen LogP contribution < -0.4 is 11.1 Å². The van der Waals surface area contributed by atoms with E-state index in [9.17, 15) is 14.7 Å². The summed E-state index contributed by atoms with van der Waals surface area (Å²) in [6, 6.07) is 8.47. The minimum atomic E-state index is -1.34. The van der Waals surface area contributed by atoms with E-state index in [0.29, 0.717) is 0 Å². The maximum atomic E-state index is 12.2. The number of carbonyl (C=O) groups is 2. The van der Waals surface area contributed by atoms with E-state index >= 15 is 0 Å². The van der Waals surface area contributed by atoms with Crippen molar-refractivity contribution in [2.75, 3.05) is 0 Å². The second-order valence-electron chi connectivity index (χ2n) is 5.96. The number of rotatable bonds is 5. The Morgan fingerprint density at radius 1 is 1.15 bits per heavy atom. The number of nitrogens with two attached hydrogens (primary N) is 1. The average molecular weight is 278 g/mol. The van der Waals surface area contributed by atoms with Crippen molar-refractivity contribution in [1.29, 1.82) is 0 Å². The predicted molar refractivity (Wildman–Crippen MR) is 76.6 cm³/mol. The summed E-state index contributed by atoms with van der Waals surface area (Å²) in [5, 5.41) is 13.0. The monoisotopic (exact) mass is 278 g/mol. The number of benzene rings is 1. The Hall–Kier alpha value is -1.88. The summed E-state index contributed by atoms with van der Waals surface area (Å²) in [6.45, 7) is 6.11. The minimum absolute atomic E-state index is 0.513. The van der Waals surface area contributed by atoms with Gasteiger partial charge >= 0.3 is 0 Å². The van der Waals surface area contributed by atoms with Crippen molar-refractivity contribution in [2.45, 2.75) is 39.3 Å². The van der Waals surface area contributed by atoms with Crippen LogP contribution in [0.15, 0.2) is 30.3 Å². The van der Waals surface area contributed by atoms with E-state index in [1.807, 2.05) is 18.2 Å². The van der Waals surface area contributed by atoms with Gasteiger partial charge in [0.2, 0.25) is 11.8 Å². The lowest BCUT2D eigenvalue weighted by atomic mass is 9.87. The summed E-state index contributed by atoms with van der Waals surface area (Å²) in [5.41, 5.74) is 3.48. The molecule has 5 heteroatoms. The van der Waals surface area contributed by atoms with Crippen molar-refractivity contribution in [3.8, 4) is 0 Å². The second kappa shape index (κ2) is 5.63. The third-order valence-corrected chi connectivity index (χ3v) is 3.30. The van der Waals surface area contributed by atoms with Crippen LogP contribution >= 0.6 is 0 Å². The fraction of sp³-hybridized carbons (Fsp3) is 0.467. The molecule has 2 amide bonds. The van der Waals surface area contributed by atoms with Crippen molar-refractivity contribution < 1.29 is 14.7 Å². The van der Waals surface area contributed by atoms with Crippen LogP contribution in [-0.2, 0) is 9.59 Å². The molecule has 0 radical (unpaired) electrons. The van der Waals surface area contributed by atoms with Gasteiger partial charge in [0.25, 0.3) is 0 Å². The van der Waals surface area contributed by atoms with Gasteiger partial charge in [0, 0.05) is 0 Å². The highest BCUT2D eigenvalue weighted by Crippen LogP contribution is 2.27. The number of primary amides is 1. The zero-order valence-corrected chi connectivity index (χ0v) is 12.3. The predicted octanol–water partition coefficient (Wildman–Crippen LogP) is 1.13. The highest BCUT2D eigenvalue weighted by molar-refractivity contribution is 6.03. The van der Waals surface area contributed by atoms with E-state index in [4.69, 9.17) is 5.73 Å². The smallest absolute Gasteiger partial charge is 0.235 e. The number of carbonyl (C=O) groups excluding carboxylic acids is 2. The lowest BCUT2D eigenvalue weighted by Gasteiger charge is -2.33. The van der Waals surface area contributed by atoms with Crippen molar-refractivity contribution in [2.24, 2.45) is 11.1 Å². The van der Waals surface area contributed by atoms with Gasteiger partial charge in [0.05, 0.1) is 11.6 Å². The van der Waals surface area contributed by atoms with Crippen LogP contribution in [0.25, 0.3) is 0 Å². The Morgan fingerprint density at radius 2 is 1.65 bits per heavy atom. The van der Waals surface area contributed by atoms with E-state index in [2.05, 4.69) is 5.32 Å². The SMILES string of the molecule is CC(C)(C(N)=O)C(=O)N[C@H](c1ccccc1)C(C)(C)O. The van der Waals surface area contributed by atoms with Crippen molar-refractivity contribution in [3.63, 3.8) is 0 Å². The van der Waals surface area contributed by atoms with E-state index in [1.165, 1.54) is 13.8 Å². The van der Waals surface area contributed by atoms with Crippen LogP contribution in [-0.4, -0.2) is 22.5 Å². The number of hydrogen-bond acceptors (Lipinski definition) is 3. The minimum Gasteiger partial charge on any atom is -0.388 e. The Bertz CT molecular complexity index is 490. The van der Waals surface area contributed by atoms with Gasteiger partial charge in [-0.15, -0.1) is 0 Å². The third-order valence-electron chi connectivity index (χ3n) is 3.30. The van der Waals surface area contributed by atoms with Crippen LogP contribution in [0.5, 0.6) is 0 Å². The molecule has 0 aliphatic carbocycles. The maximum absolute atomic E-state index is 12.2. The molecule has 0 aliphatic rings. The van der Waals surface area contributed by atoms with E-state index in [1.54, 1.807) is 26.0 Å². The van der Waals surface area contributed by atoms with Gasteiger partial charge in [-0.1, -0.05) is 30.3 Å². The second-order valence-corrected chi connectivity index (χ2v) is 5.96. The molecule has 0 aromatic heterocycles. The molecule has 110 valence electrons. The fourth-order valence-corrected chi connectivity index (χ4v) is 1.74. The first-order chi connectivity index (χ1) is 9.06. The molecule has 0 saturated heterocycles. The van der Waals surface area contributed by atoms with Crippen LogP contribution in [0.2, 0.25) is 0 Å². The molecule has 0 spiro atoms. The number of nitrogens with one attached hydrogen (secondary N) is 1. The third kappa shape index (κ3) is 3.57. The molecule has 20 heavy (non-hydrogen) atoms. The fourth-order valence-electron chi connectivity index (χ4n) is 1.74. The number of aliphatic hydroxyl groups is 1. The Balaban J connectivity index is 3.05. The van der Waals surface area contributed by atoms with Gasteiger partial charge in [0.15, 0.2) is 0 Å². The molecular formula is C15H22N2O3. The maximum Gasteiger partial charge on any atom is 0.235 e. The van der Waals surface area contributed by atoms with Gasteiger partial charge in [-0.05, 0) is 33.3 Å². The Morgan fingerprint density at radius 3 is 2.05 bits per heavy atom.